The topological polar surface area (TPSA) is 38.3 Å². The summed E-state index contributed by atoms with van der Waals surface area (Å²) in [6.07, 6.45) is -0.590. The summed E-state index contributed by atoms with van der Waals surface area (Å²) in [6, 6.07) is 12.6. The summed E-state index contributed by atoms with van der Waals surface area (Å²) in [6.45, 7) is 4.03. The predicted octanol–water partition coefficient (Wildman–Crippen LogP) is 4.39. The molecule has 2 aromatic rings. The van der Waals surface area contributed by atoms with E-state index in [0.29, 0.717) is 22.3 Å². The molecule has 0 spiro atoms. The fourth-order valence-electron chi connectivity index (χ4n) is 1.88. The van der Waals surface area contributed by atoms with E-state index >= 15 is 0 Å². The van der Waals surface area contributed by atoms with E-state index in [0.717, 1.165) is 11.1 Å². The van der Waals surface area contributed by atoms with Gasteiger partial charge in [0.2, 0.25) is 0 Å². The van der Waals surface area contributed by atoms with Gasteiger partial charge in [0.15, 0.2) is 6.10 Å². The van der Waals surface area contributed by atoms with Crippen LogP contribution in [-0.2, 0) is 11.3 Å². The Morgan fingerprint density at radius 1 is 1.18 bits per heavy atom. The van der Waals surface area contributed by atoms with Crippen LogP contribution < -0.4 is 10.1 Å². The van der Waals surface area contributed by atoms with Crippen LogP contribution in [0.1, 0.15) is 18.1 Å². The predicted molar refractivity (Wildman–Crippen MR) is 89.6 cm³/mol. The van der Waals surface area contributed by atoms with Crippen LogP contribution >= 0.6 is 23.2 Å². The Morgan fingerprint density at radius 2 is 1.86 bits per heavy atom. The molecule has 3 nitrogen and oxygen atoms in total. The average Bonchev–Trinajstić information content (AvgIpc) is 2.50. The third kappa shape index (κ3) is 4.65. The van der Waals surface area contributed by atoms with Gasteiger partial charge in [0, 0.05) is 16.6 Å². The summed E-state index contributed by atoms with van der Waals surface area (Å²) in [5.41, 5.74) is 1.89. The van der Waals surface area contributed by atoms with E-state index in [9.17, 15) is 4.79 Å². The largest absolute Gasteiger partial charge is 0.481 e. The molecule has 0 aliphatic rings. The summed E-state index contributed by atoms with van der Waals surface area (Å²) < 4.78 is 5.63. The second-order valence-corrected chi connectivity index (χ2v) is 5.86. The third-order valence-electron chi connectivity index (χ3n) is 3.19. The molecule has 0 aliphatic heterocycles. The number of hydrogen-bond donors (Lipinski definition) is 1. The van der Waals surface area contributed by atoms with Crippen molar-refractivity contribution in [2.45, 2.75) is 26.5 Å². The molecule has 1 amide bonds. The lowest BCUT2D eigenvalue weighted by Crippen LogP contribution is -2.35. The van der Waals surface area contributed by atoms with Gasteiger partial charge in [0.25, 0.3) is 5.91 Å². The zero-order valence-electron chi connectivity index (χ0n) is 12.4. The SMILES string of the molecule is Cc1cc(O[C@H](C)C(=O)NCc2ccc(Cl)cc2)ccc1Cl. The Bertz CT molecular complexity index is 656. The lowest BCUT2D eigenvalue weighted by Gasteiger charge is -2.15. The lowest BCUT2D eigenvalue weighted by molar-refractivity contribution is -0.127. The molecule has 2 rings (SSSR count). The van der Waals surface area contributed by atoms with Gasteiger partial charge in [0.1, 0.15) is 5.75 Å². The van der Waals surface area contributed by atoms with E-state index in [-0.39, 0.29) is 5.91 Å². The zero-order valence-corrected chi connectivity index (χ0v) is 13.9. The third-order valence-corrected chi connectivity index (χ3v) is 3.87. The fourth-order valence-corrected chi connectivity index (χ4v) is 2.13. The number of carbonyl (C=O) groups is 1. The standard InChI is InChI=1S/C17H17Cl2NO2/c1-11-9-15(7-8-16(11)19)22-12(2)17(21)20-10-13-3-5-14(18)6-4-13/h3-9,12H,10H2,1-2H3,(H,20,21)/t12-/m1/s1. The van der Waals surface area contributed by atoms with Gasteiger partial charge in [-0.15, -0.1) is 0 Å². The molecule has 1 N–H and O–H groups in total. The molecule has 2 aromatic carbocycles. The van der Waals surface area contributed by atoms with Crippen LogP contribution in [0.15, 0.2) is 42.5 Å². The number of carbonyl (C=O) groups excluding carboxylic acids is 1. The molecule has 0 saturated heterocycles. The summed E-state index contributed by atoms with van der Waals surface area (Å²) >= 11 is 11.8. The Kier molecular flexibility index (Phi) is 5.69. The first-order valence-corrected chi connectivity index (χ1v) is 7.66. The smallest absolute Gasteiger partial charge is 0.261 e. The maximum absolute atomic E-state index is 12.1. The fraction of sp³-hybridized carbons (Fsp3) is 0.235. The molecular formula is C17H17Cl2NO2. The molecule has 0 aliphatic carbocycles. The minimum Gasteiger partial charge on any atom is -0.481 e. The molecule has 1 atom stereocenters. The van der Waals surface area contributed by atoms with Crippen molar-refractivity contribution in [2.24, 2.45) is 0 Å². The van der Waals surface area contributed by atoms with Gasteiger partial charge in [-0.25, -0.2) is 0 Å². The molecule has 0 heterocycles. The lowest BCUT2D eigenvalue weighted by atomic mass is 10.2. The van der Waals surface area contributed by atoms with E-state index in [1.54, 1.807) is 31.2 Å². The van der Waals surface area contributed by atoms with Crippen LogP contribution in [0.5, 0.6) is 5.75 Å². The molecule has 0 radical (unpaired) electrons. The molecule has 0 saturated carbocycles. The van der Waals surface area contributed by atoms with Crippen molar-refractivity contribution in [3.8, 4) is 5.75 Å². The second kappa shape index (κ2) is 7.52. The number of rotatable bonds is 5. The first kappa shape index (κ1) is 16.7. The Labute approximate surface area is 140 Å². The summed E-state index contributed by atoms with van der Waals surface area (Å²) in [5, 5.41) is 4.18. The molecule has 0 fully saturated rings. The highest BCUT2D eigenvalue weighted by molar-refractivity contribution is 6.31. The van der Waals surface area contributed by atoms with Crippen molar-refractivity contribution < 1.29 is 9.53 Å². The highest BCUT2D eigenvalue weighted by atomic mass is 35.5. The molecular weight excluding hydrogens is 321 g/mol. The van der Waals surface area contributed by atoms with Crippen molar-refractivity contribution in [1.29, 1.82) is 0 Å². The van der Waals surface area contributed by atoms with E-state index in [1.165, 1.54) is 0 Å². The van der Waals surface area contributed by atoms with Crippen molar-refractivity contribution in [3.63, 3.8) is 0 Å². The number of hydrogen-bond acceptors (Lipinski definition) is 2. The molecule has 0 unspecified atom stereocenters. The Morgan fingerprint density at radius 3 is 2.50 bits per heavy atom. The highest BCUT2D eigenvalue weighted by Gasteiger charge is 2.14. The summed E-state index contributed by atoms with van der Waals surface area (Å²) in [5.74, 6) is 0.443. The van der Waals surface area contributed by atoms with Gasteiger partial charge in [-0.1, -0.05) is 35.3 Å². The van der Waals surface area contributed by atoms with E-state index in [1.807, 2.05) is 25.1 Å². The van der Waals surface area contributed by atoms with E-state index in [2.05, 4.69) is 5.32 Å². The zero-order chi connectivity index (χ0) is 16.1. The first-order valence-electron chi connectivity index (χ1n) is 6.90. The minimum absolute atomic E-state index is 0.178. The van der Waals surface area contributed by atoms with E-state index < -0.39 is 6.10 Å². The molecule has 0 aromatic heterocycles. The molecule has 22 heavy (non-hydrogen) atoms. The van der Waals surface area contributed by atoms with Crippen LogP contribution in [-0.4, -0.2) is 12.0 Å². The normalized spacial score (nSPS) is 11.8. The molecule has 5 heteroatoms. The summed E-state index contributed by atoms with van der Waals surface area (Å²) in [4.78, 5) is 12.1. The number of halogens is 2. The summed E-state index contributed by atoms with van der Waals surface area (Å²) in [7, 11) is 0. The first-order chi connectivity index (χ1) is 10.5. The van der Waals surface area contributed by atoms with Crippen molar-refractivity contribution in [2.75, 3.05) is 0 Å². The minimum atomic E-state index is -0.590. The van der Waals surface area contributed by atoms with Crippen molar-refractivity contribution >= 4 is 29.1 Å². The van der Waals surface area contributed by atoms with Crippen LogP contribution in [0.3, 0.4) is 0 Å². The second-order valence-electron chi connectivity index (χ2n) is 5.02. The monoisotopic (exact) mass is 337 g/mol. The van der Waals surface area contributed by atoms with Crippen molar-refractivity contribution in [1.82, 2.24) is 5.32 Å². The van der Waals surface area contributed by atoms with Crippen LogP contribution in [0.25, 0.3) is 0 Å². The van der Waals surface area contributed by atoms with Crippen molar-refractivity contribution in [3.05, 3.63) is 63.6 Å². The molecule has 0 bridgehead atoms. The number of nitrogens with one attached hydrogen (secondary N) is 1. The Hall–Kier alpha value is -1.71. The average molecular weight is 338 g/mol. The number of amides is 1. The van der Waals surface area contributed by atoms with Gasteiger partial charge in [-0.2, -0.15) is 0 Å². The number of aryl methyl sites for hydroxylation is 1. The van der Waals surface area contributed by atoms with Gasteiger partial charge in [-0.05, 0) is 55.3 Å². The number of benzene rings is 2. The van der Waals surface area contributed by atoms with Crippen LogP contribution in [0, 0.1) is 6.92 Å². The van der Waals surface area contributed by atoms with Crippen LogP contribution in [0.4, 0.5) is 0 Å². The van der Waals surface area contributed by atoms with Gasteiger partial charge < -0.3 is 10.1 Å². The van der Waals surface area contributed by atoms with Gasteiger partial charge in [0.05, 0.1) is 0 Å². The van der Waals surface area contributed by atoms with E-state index in [4.69, 9.17) is 27.9 Å². The van der Waals surface area contributed by atoms with Crippen LogP contribution in [0.2, 0.25) is 10.0 Å². The maximum Gasteiger partial charge on any atom is 0.261 e. The van der Waals surface area contributed by atoms with Gasteiger partial charge in [-0.3, -0.25) is 4.79 Å². The van der Waals surface area contributed by atoms with Gasteiger partial charge >= 0.3 is 0 Å². The highest BCUT2D eigenvalue weighted by Crippen LogP contribution is 2.21. The maximum atomic E-state index is 12.1. The Balaban J connectivity index is 1.88. The number of ether oxygens (including phenoxy) is 1. The molecule has 116 valence electrons. The quantitative estimate of drug-likeness (QED) is 0.878.